The number of aromatic nitrogens is 1. The molecule has 5 nitrogen and oxygen atoms in total. The maximum Gasteiger partial charge on any atom is 0.257 e. The Kier molecular flexibility index (Phi) is 4.37. The average molecular weight is 263 g/mol. The molecule has 2 N–H and O–H groups in total. The Hall–Kier alpha value is -1.62. The van der Waals surface area contributed by atoms with Gasteiger partial charge in [-0.05, 0) is 31.7 Å². The standard InChI is InChI=1S/C14H21N3O2/c1-10(18)11-4-7-17(8-5-11)14(19)12-9-16-6-3-13(12)15-2/h3,6,9-11,18H,4-5,7-8H2,1-2H3,(H,15,16). The first-order chi connectivity index (χ1) is 9.13. The Bertz CT molecular complexity index is 440. The summed E-state index contributed by atoms with van der Waals surface area (Å²) in [7, 11) is 1.80. The molecule has 1 saturated heterocycles. The van der Waals surface area contributed by atoms with Crippen molar-refractivity contribution in [2.75, 3.05) is 25.5 Å². The van der Waals surface area contributed by atoms with Gasteiger partial charge in [-0.3, -0.25) is 9.78 Å². The molecule has 19 heavy (non-hydrogen) atoms. The molecule has 1 fully saturated rings. The van der Waals surface area contributed by atoms with E-state index < -0.39 is 0 Å². The fourth-order valence-electron chi connectivity index (χ4n) is 2.54. The van der Waals surface area contributed by atoms with Gasteiger partial charge < -0.3 is 15.3 Å². The summed E-state index contributed by atoms with van der Waals surface area (Å²) in [5.74, 6) is 0.322. The number of carbonyl (C=O) groups excluding carboxylic acids is 1. The molecule has 0 bridgehead atoms. The molecule has 0 radical (unpaired) electrons. The van der Waals surface area contributed by atoms with E-state index in [0.29, 0.717) is 24.6 Å². The van der Waals surface area contributed by atoms with Crippen LogP contribution >= 0.6 is 0 Å². The summed E-state index contributed by atoms with van der Waals surface area (Å²) in [6.45, 7) is 3.22. The van der Waals surface area contributed by atoms with Crippen molar-refractivity contribution in [2.45, 2.75) is 25.9 Å². The van der Waals surface area contributed by atoms with Gasteiger partial charge in [-0.15, -0.1) is 0 Å². The number of likely N-dealkylation sites (tertiary alicyclic amines) is 1. The Morgan fingerprint density at radius 2 is 2.21 bits per heavy atom. The number of hydrogen-bond donors (Lipinski definition) is 2. The summed E-state index contributed by atoms with van der Waals surface area (Å²) >= 11 is 0. The van der Waals surface area contributed by atoms with Crippen LogP contribution in [0.5, 0.6) is 0 Å². The summed E-state index contributed by atoms with van der Waals surface area (Å²) in [6, 6.07) is 1.80. The molecule has 0 spiro atoms. The van der Waals surface area contributed by atoms with E-state index in [0.717, 1.165) is 18.5 Å². The van der Waals surface area contributed by atoms with Gasteiger partial charge in [0.2, 0.25) is 0 Å². The zero-order valence-corrected chi connectivity index (χ0v) is 11.5. The molecule has 104 valence electrons. The van der Waals surface area contributed by atoms with Gasteiger partial charge in [0, 0.05) is 38.2 Å². The Balaban J connectivity index is 2.05. The van der Waals surface area contributed by atoms with Crippen LogP contribution in [-0.2, 0) is 0 Å². The largest absolute Gasteiger partial charge is 0.393 e. The van der Waals surface area contributed by atoms with Gasteiger partial charge in [0.1, 0.15) is 0 Å². The van der Waals surface area contributed by atoms with E-state index in [-0.39, 0.29) is 12.0 Å². The van der Waals surface area contributed by atoms with E-state index in [1.807, 2.05) is 11.8 Å². The summed E-state index contributed by atoms with van der Waals surface area (Å²) in [5, 5.41) is 12.6. The van der Waals surface area contributed by atoms with Crippen molar-refractivity contribution in [3.8, 4) is 0 Å². The molecule has 1 aromatic rings. The number of anilines is 1. The monoisotopic (exact) mass is 263 g/mol. The van der Waals surface area contributed by atoms with Crippen molar-refractivity contribution >= 4 is 11.6 Å². The minimum atomic E-state index is -0.288. The highest BCUT2D eigenvalue weighted by Crippen LogP contribution is 2.23. The van der Waals surface area contributed by atoms with Crippen LogP contribution in [0.4, 0.5) is 5.69 Å². The van der Waals surface area contributed by atoms with Gasteiger partial charge in [-0.1, -0.05) is 0 Å². The van der Waals surface area contributed by atoms with Crippen molar-refractivity contribution in [1.29, 1.82) is 0 Å². The van der Waals surface area contributed by atoms with Gasteiger partial charge >= 0.3 is 0 Å². The highest BCUT2D eigenvalue weighted by atomic mass is 16.3. The van der Waals surface area contributed by atoms with Crippen LogP contribution in [-0.4, -0.2) is 47.1 Å². The molecule has 2 rings (SSSR count). The molecule has 5 heteroatoms. The number of aliphatic hydroxyl groups excluding tert-OH is 1. The fraction of sp³-hybridized carbons (Fsp3) is 0.571. The van der Waals surface area contributed by atoms with Crippen LogP contribution in [0.2, 0.25) is 0 Å². The topological polar surface area (TPSA) is 65.5 Å². The highest BCUT2D eigenvalue weighted by molar-refractivity contribution is 5.99. The van der Waals surface area contributed by atoms with E-state index in [2.05, 4.69) is 10.3 Å². The van der Waals surface area contributed by atoms with E-state index in [9.17, 15) is 9.90 Å². The molecule has 0 aromatic carbocycles. The van der Waals surface area contributed by atoms with Gasteiger partial charge in [-0.25, -0.2) is 0 Å². The van der Waals surface area contributed by atoms with Gasteiger partial charge in [0.15, 0.2) is 0 Å². The van der Waals surface area contributed by atoms with E-state index >= 15 is 0 Å². The van der Waals surface area contributed by atoms with E-state index in [1.165, 1.54) is 0 Å². The predicted molar refractivity (Wildman–Crippen MR) is 74.1 cm³/mol. The minimum absolute atomic E-state index is 0.0153. The van der Waals surface area contributed by atoms with Gasteiger partial charge in [0.05, 0.1) is 11.7 Å². The number of nitrogens with one attached hydrogen (secondary N) is 1. The third-order valence-corrected chi connectivity index (χ3v) is 3.83. The number of aliphatic hydroxyl groups is 1. The molecule has 1 atom stereocenters. The van der Waals surface area contributed by atoms with Crippen molar-refractivity contribution in [3.05, 3.63) is 24.0 Å². The number of piperidine rings is 1. The molecule has 0 saturated carbocycles. The normalized spacial score (nSPS) is 18.2. The second kappa shape index (κ2) is 6.02. The summed E-state index contributed by atoms with van der Waals surface area (Å²) in [5.41, 5.74) is 1.41. The first kappa shape index (κ1) is 13.8. The zero-order chi connectivity index (χ0) is 13.8. The first-order valence-corrected chi connectivity index (χ1v) is 6.72. The quantitative estimate of drug-likeness (QED) is 0.864. The number of amides is 1. The second-order valence-corrected chi connectivity index (χ2v) is 5.04. The van der Waals surface area contributed by atoms with Gasteiger partial charge in [0.25, 0.3) is 5.91 Å². The smallest absolute Gasteiger partial charge is 0.257 e. The van der Waals surface area contributed by atoms with Crippen LogP contribution < -0.4 is 5.32 Å². The second-order valence-electron chi connectivity index (χ2n) is 5.04. The van der Waals surface area contributed by atoms with Crippen LogP contribution in [0, 0.1) is 5.92 Å². The average Bonchev–Trinajstić information content (AvgIpc) is 2.46. The van der Waals surface area contributed by atoms with Crippen molar-refractivity contribution < 1.29 is 9.90 Å². The third-order valence-electron chi connectivity index (χ3n) is 3.83. The molecule has 1 aromatic heterocycles. The summed E-state index contributed by atoms with van der Waals surface area (Å²) < 4.78 is 0. The summed E-state index contributed by atoms with van der Waals surface area (Å²) in [6.07, 6.45) is 4.71. The van der Waals surface area contributed by atoms with Crippen molar-refractivity contribution in [2.24, 2.45) is 5.92 Å². The lowest BCUT2D eigenvalue weighted by atomic mass is 9.92. The number of carbonyl (C=O) groups is 1. The Morgan fingerprint density at radius 3 is 2.79 bits per heavy atom. The number of hydrogen-bond acceptors (Lipinski definition) is 4. The fourth-order valence-corrected chi connectivity index (χ4v) is 2.54. The SMILES string of the molecule is CNc1ccncc1C(=O)N1CCC(C(C)O)CC1. The van der Waals surface area contributed by atoms with Crippen LogP contribution in [0.15, 0.2) is 18.5 Å². The van der Waals surface area contributed by atoms with Crippen LogP contribution in [0.3, 0.4) is 0 Å². The molecular formula is C14H21N3O2. The molecule has 0 aliphatic carbocycles. The van der Waals surface area contributed by atoms with Crippen molar-refractivity contribution in [1.82, 2.24) is 9.88 Å². The minimum Gasteiger partial charge on any atom is -0.393 e. The number of nitrogens with zero attached hydrogens (tertiary/aromatic N) is 2. The van der Waals surface area contributed by atoms with Crippen LogP contribution in [0.1, 0.15) is 30.1 Å². The molecule has 1 unspecified atom stereocenters. The first-order valence-electron chi connectivity index (χ1n) is 6.72. The van der Waals surface area contributed by atoms with E-state index in [1.54, 1.807) is 25.5 Å². The molecule has 1 aliphatic heterocycles. The maximum absolute atomic E-state index is 12.4. The summed E-state index contributed by atoms with van der Waals surface area (Å²) in [4.78, 5) is 18.3. The van der Waals surface area contributed by atoms with E-state index in [4.69, 9.17) is 0 Å². The zero-order valence-electron chi connectivity index (χ0n) is 11.5. The molecule has 2 heterocycles. The Labute approximate surface area is 113 Å². The number of rotatable bonds is 3. The highest BCUT2D eigenvalue weighted by Gasteiger charge is 2.26. The van der Waals surface area contributed by atoms with Crippen molar-refractivity contribution in [3.63, 3.8) is 0 Å². The molecule has 1 aliphatic rings. The molecule has 1 amide bonds. The number of pyridine rings is 1. The van der Waals surface area contributed by atoms with Gasteiger partial charge in [-0.2, -0.15) is 0 Å². The van der Waals surface area contributed by atoms with Crippen LogP contribution in [0.25, 0.3) is 0 Å². The predicted octanol–water partition coefficient (Wildman–Crippen LogP) is 1.36. The lowest BCUT2D eigenvalue weighted by Crippen LogP contribution is -2.41. The molecular weight excluding hydrogens is 242 g/mol. The Morgan fingerprint density at radius 1 is 1.53 bits per heavy atom. The lowest BCUT2D eigenvalue weighted by Gasteiger charge is -2.33. The lowest BCUT2D eigenvalue weighted by molar-refractivity contribution is 0.0522. The third kappa shape index (κ3) is 3.04. The maximum atomic E-state index is 12.4.